The summed E-state index contributed by atoms with van der Waals surface area (Å²) < 4.78 is 20.1. The van der Waals surface area contributed by atoms with Crippen molar-refractivity contribution in [1.29, 1.82) is 0 Å². The average Bonchev–Trinajstić information content (AvgIpc) is 2.96. The van der Waals surface area contributed by atoms with Crippen LogP contribution in [0.2, 0.25) is 36.3 Å². The van der Waals surface area contributed by atoms with Crippen molar-refractivity contribution in [2.24, 2.45) is 0 Å². The van der Waals surface area contributed by atoms with E-state index in [1.165, 1.54) is 0 Å². The van der Waals surface area contributed by atoms with E-state index < -0.39 is 16.6 Å². The molecule has 174 valence electrons. The van der Waals surface area contributed by atoms with Crippen LogP contribution in [0.4, 0.5) is 0 Å². The summed E-state index contributed by atoms with van der Waals surface area (Å²) in [5, 5.41) is 1.34. The highest BCUT2D eigenvalue weighted by Gasteiger charge is 2.40. The SMILES string of the molecule is CC(C)(C)[Si](C)(C)Oc1ccc(-c2oc3ccc(O[Si](C)(C)C(C)(C)C)cc3c2Br)cc1. The van der Waals surface area contributed by atoms with Crippen LogP contribution in [0.1, 0.15) is 41.5 Å². The lowest BCUT2D eigenvalue weighted by atomic mass is 10.1. The Hall–Kier alpha value is -1.51. The molecular formula is C26H37BrO3Si2. The summed E-state index contributed by atoms with van der Waals surface area (Å²) in [5.74, 6) is 2.64. The Morgan fingerprint density at radius 1 is 0.719 bits per heavy atom. The topological polar surface area (TPSA) is 31.6 Å². The van der Waals surface area contributed by atoms with Crippen LogP contribution in [-0.4, -0.2) is 16.6 Å². The highest BCUT2D eigenvalue weighted by Crippen LogP contribution is 2.42. The largest absolute Gasteiger partial charge is 0.544 e. The number of benzene rings is 2. The van der Waals surface area contributed by atoms with Crippen LogP contribution in [0, 0.1) is 0 Å². The number of hydrogen-bond acceptors (Lipinski definition) is 3. The molecule has 6 heteroatoms. The Morgan fingerprint density at radius 3 is 1.69 bits per heavy atom. The normalized spacial score (nSPS) is 13.5. The first-order valence-corrected chi connectivity index (χ1v) is 17.8. The molecule has 32 heavy (non-hydrogen) atoms. The monoisotopic (exact) mass is 532 g/mol. The zero-order valence-electron chi connectivity index (χ0n) is 21.1. The van der Waals surface area contributed by atoms with E-state index in [-0.39, 0.29) is 10.1 Å². The Balaban J connectivity index is 1.89. The van der Waals surface area contributed by atoms with Crippen molar-refractivity contribution in [3.8, 4) is 22.8 Å². The van der Waals surface area contributed by atoms with Gasteiger partial charge in [0.2, 0.25) is 16.6 Å². The fourth-order valence-corrected chi connectivity index (χ4v) is 5.54. The minimum absolute atomic E-state index is 0.148. The zero-order valence-corrected chi connectivity index (χ0v) is 24.7. The van der Waals surface area contributed by atoms with Crippen LogP contribution in [0.5, 0.6) is 11.5 Å². The fourth-order valence-electron chi connectivity index (χ4n) is 2.87. The van der Waals surface area contributed by atoms with Crippen LogP contribution in [0.25, 0.3) is 22.3 Å². The Bertz CT molecular complexity index is 1100. The van der Waals surface area contributed by atoms with Crippen LogP contribution in [0.15, 0.2) is 51.4 Å². The molecule has 0 radical (unpaired) electrons. The summed E-state index contributed by atoms with van der Waals surface area (Å²) >= 11 is 3.77. The smallest absolute Gasteiger partial charge is 0.250 e. The van der Waals surface area contributed by atoms with Gasteiger partial charge in [-0.05, 0) is 94.7 Å². The Morgan fingerprint density at radius 2 is 1.19 bits per heavy atom. The lowest BCUT2D eigenvalue weighted by Crippen LogP contribution is -2.43. The molecule has 0 aliphatic rings. The molecular weight excluding hydrogens is 496 g/mol. The van der Waals surface area contributed by atoms with Gasteiger partial charge in [0, 0.05) is 10.9 Å². The summed E-state index contributed by atoms with van der Waals surface area (Å²) in [4.78, 5) is 0. The van der Waals surface area contributed by atoms with Gasteiger partial charge >= 0.3 is 0 Å². The van der Waals surface area contributed by atoms with E-state index in [0.717, 1.165) is 38.3 Å². The van der Waals surface area contributed by atoms with Gasteiger partial charge in [-0.3, -0.25) is 0 Å². The van der Waals surface area contributed by atoms with Gasteiger partial charge in [0.1, 0.15) is 22.8 Å². The highest BCUT2D eigenvalue weighted by atomic mass is 79.9. The molecule has 3 rings (SSSR count). The second-order valence-electron chi connectivity index (χ2n) is 11.7. The Kier molecular flexibility index (Phi) is 6.57. The number of furan rings is 1. The molecule has 2 aromatic carbocycles. The maximum absolute atomic E-state index is 6.50. The molecule has 0 aliphatic carbocycles. The molecule has 0 unspecified atom stereocenters. The van der Waals surface area contributed by atoms with Crippen molar-refractivity contribution in [3.63, 3.8) is 0 Å². The highest BCUT2D eigenvalue weighted by molar-refractivity contribution is 9.10. The fraction of sp³-hybridized carbons (Fsp3) is 0.462. The third-order valence-corrected chi connectivity index (χ3v) is 16.6. The molecule has 0 saturated carbocycles. The molecule has 3 aromatic rings. The predicted molar refractivity (Wildman–Crippen MR) is 145 cm³/mol. The van der Waals surface area contributed by atoms with E-state index >= 15 is 0 Å². The van der Waals surface area contributed by atoms with Crippen molar-refractivity contribution in [2.75, 3.05) is 0 Å². The van der Waals surface area contributed by atoms with Crippen LogP contribution < -0.4 is 8.85 Å². The van der Waals surface area contributed by atoms with Gasteiger partial charge in [-0.25, -0.2) is 0 Å². The summed E-state index contributed by atoms with van der Waals surface area (Å²) in [6.45, 7) is 22.6. The minimum Gasteiger partial charge on any atom is -0.544 e. The third-order valence-electron chi connectivity index (χ3n) is 7.07. The molecule has 1 heterocycles. The van der Waals surface area contributed by atoms with Crippen LogP contribution in [0.3, 0.4) is 0 Å². The van der Waals surface area contributed by atoms with Gasteiger partial charge in [0.15, 0.2) is 0 Å². The molecule has 0 spiro atoms. The summed E-state index contributed by atoms with van der Waals surface area (Å²) in [6.07, 6.45) is 0. The van der Waals surface area contributed by atoms with Crippen LogP contribution >= 0.6 is 15.9 Å². The van der Waals surface area contributed by atoms with Crippen molar-refractivity contribution in [2.45, 2.75) is 77.8 Å². The second-order valence-corrected chi connectivity index (χ2v) is 21.9. The van der Waals surface area contributed by atoms with Gasteiger partial charge in [0.05, 0.1) is 4.47 Å². The van der Waals surface area contributed by atoms with E-state index in [4.69, 9.17) is 13.3 Å². The summed E-state index contributed by atoms with van der Waals surface area (Å²) in [5.41, 5.74) is 1.86. The minimum atomic E-state index is -1.90. The molecule has 0 aliphatic heterocycles. The van der Waals surface area contributed by atoms with Gasteiger partial charge in [-0.2, -0.15) is 0 Å². The third kappa shape index (κ3) is 5.02. The van der Waals surface area contributed by atoms with E-state index in [1.54, 1.807) is 0 Å². The summed E-state index contributed by atoms with van der Waals surface area (Å²) in [7, 11) is -3.77. The number of rotatable bonds is 5. The molecule has 0 fully saturated rings. The van der Waals surface area contributed by atoms with Gasteiger partial charge in [-0.1, -0.05) is 41.5 Å². The maximum Gasteiger partial charge on any atom is 0.250 e. The van der Waals surface area contributed by atoms with Crippen molar-refractivity contribution < 1.29 is 13.3 Å². The molecule has 0 N–H and O–H groups in total. The van der Waals surface area contributed by atoms with Gasteiger partial charge < -0.3 is 13.3 Å². The lowest BCUT2D eigenvalue weighted by Gasteiger charge is -2.36. The van der Waals surface area contributed by atoms with Crippen molar-refractivity contribution in [1.82, 2.24) is 0 Å². The molecule has 1 aromatic heterocycles. The van der Waals surface area contributed by atoms with E-state index in [2.05, 4.69) is 102 Å². The summed E-state index contributed by atoms with van der Waals surface area (Å²) in [6, 6.07) is 14.3. The van der Waals surface area contributed by atoms with Gasteiger partial charge in [0.25, 0.3) is 0 Å². The molecule has 0 saturated heterocycles. The quantitative estimate of drug-likeness (QED) is 0.306. The van der Waals surface area contributed by atoms with Gasteiger partial charge in [-0.15, -0.1) is 0 Å². The maximum atomic E-state index is 6.50. The first-order chi connectivity index (χ1) is 14.5. The van der Waals surface area contributed by atoms with E-state index in [9.17, 15) is 0 Å². The molecule has 3 nitrogen and oxygen atoms in total. The number of hydrogen-bond donors (Lipinski definition) is 0. The molecule has 0 amide bonds. The first-order valence-electron chi connectivity index (χ1n) is 11.2. The van der Waals surface area contributed by atoms with Crippen molar-refractivity contribution >= 4 is 43.5 Å². The number of fused-ring (bicyclic) bond motifs is 1. The van der Waals surface area contributed by atoms with Crippen LogP contribution in [-0.2, 0) is 0 Å². The Labute approximate surface area is 203 Å². The predicted octanol–water partition coefficient (Wildman–Crippen LogP) is 9.63. The average molecular weight is 534 g/mol. The lowest BCUT2D eigenvalue weighted by molar-refractivity contribution is 0.492. The standard InChI is InChI=1S/C26H37BrO3Si2/c1-25(2,3)31(7,8)29-19-13-11-18(12-14-19)24-23(27)21-17-20(15-16-22(21)28-24)30-32(9,10)26(4,5)6/h11-17H,1-10H3. The number of halogens is 1. The van der Waals surface area contributed by atoms with E-state index in [0.29, 0.717) is 0 Å². The zero-order chi connectivity index (χ0) is 24.1. The molecule has 0 atom stereocenters. The first kappa shape index (κ1) is 25.1. The van der Waals surface area contributed by atoms with Crippen molar-refractivity contribution in [3.05, 3.63) is 46.9 Å². The second kappa shape index (κ2) is 8.37. The molecule has 0 bridgehead atoms. The van der Waals surface area contributed by atoms with E-state index in [1.807, 2.05) is 24.3 Å².